The molecule has 0 unspecified atom stereocenters. The van der Waals surface area contributed by atoms with Crippen molar-refractivity contribution in [1.29, 1.82) is 0 Å². The Balaban J connectivity index is 2.70. The van der Waals surface area contributed by atoms with E-state index < -0.39 is 24.9 Å². The standard InChI is InChI=1S/C16H20F2GeN/c1-11-14(8-12(17)9-15(11)18)16-10-13(19(2,3)4)6-7-20(16)5/h6-10H,1-5H3/q+1. The molecule has 1 heterocycles. The van der Waals surface area contributed by atoms with Gasteiger partial charge >= 0.3 is 121 Å². The molecule has 0 amide bonds. The third-order valence-corrected chi connectivity index (χ3v) is 7.89. The van der Waals surface area contributed by atoms with Crippen molar-refractivity contribution in [1.82, 2.24) is 0 Å². The first-order valence-corrected chi connectivity index (χ1v) is 14.0. The number of nitrogens with zero attached hydrogens (tertiary/aromatic N) is 1. The summed E-state index contributed by atoms with van der Waals surface area (Å²) in [5.74, 6) is 5.88. The number of hydrogen-bond donors (Lipinski definition) is 0. The Morgan fingerprint density at radius 1 is 1.05 bits per heavy atom. The van der Waals surface area contributed by atoms with Crippen LogP contribution in [0.15, 0.2) is 30.5 Å². The van der Waals surface area contributed by atoms with E-state index in [0.717, 1.165) is 11.8 Å². The zero-order chi connectivity index (χ0) is 15.1. The number of benzene rings is 1. The van der Waals surface area contributed by atoms with Crippen LogP contribution in [0.3, 0.4) is 0 Å². The Bertz CT molecular complexity index is 660. The monoisotopic (exact) mass is 338 g/mol. The summed E-state index contributed by atoms with van der Waals surface area (Å²) >= 11 is -1.98. The molecular formula is C16H20F2GeN+. The van der Waals surface area contributed by atoms with Gasteiger partial charge in [-0.3, -0.25) is 0 Å². The van der Waals surface area contributed by atoms with Gasteiger partial charge < -0.3 is 0 Å². The summed E-state index contributed by atoms with van der Waals surface area (Å²) in [5.41, 5.74) is 1.97. The molecular weight excluding hydrogens is 317 g/mol. The van der Waals surface area contributed by atoms with E-state index in [0.29, 0.717) is 11.1 Å². The van der Waals surface area contributed by atoms with Crippen LogP contribution >= 0.6 is 0 Å². The quantitative estimate of drug-likeness (QED) is 0.585. The second-order valence-electron chi connectivity index (χ2n) is 6.22. The van der Waals surface area contributed by atoms with E-state index in [9.17, 15) is 8.78 Å². The van der Waals surface area contributed by atoms with Crippen LogP contribution in [-0.2, 0) is 7.05 Å². The molecule has 0 aliphatic rings. The fourth-order valence-electron chi connectivity index (χ4n) is 2.22. The molecule has 0 bridgehead atoms. The van der Waals surface area contributed by atoms with Crippen molar-refractivity contribution in [3.05, 3.63) is 47.7 Å². The van der Waals surface area contributed by atoms with Crippen molar-refractivity contribution in [3.63, 3.8) is 0 Å². The zero-order valence-electron chi connectivity index (χ0n) is 12.6. The van der Waals surface area contributed by atoms with E-state index in [1.807, 2.05) is 17.8 Å². The van der Waals surface area contributed by atoms with E-state index in [1.54, 1.807) is 6.92 Å². The molecule has 0 fully saturated rings. The first-order valence-electron chi connectivity index (χ1n) is 6.66. The van der Waals surface area contributed by atoms with Crippen LogP contribution in [0.25, 0.3) is 11.3 Å². The van der Waals surface area contributed by atoms with Gasteiger partial charge in [0.05, 0.1) is 0 Å². The number of hydrogen-bond acceptors (Lipinski definition) is 0. The predicted molar refractivity (Wildman–Crippen MR) is 80.7 cm³/mol. The summed E-state index contributed by atoms with van der Waals surface area (Å²) in [5, 5.41) is 0. The Hall–Kier alpha value is -1.23. The van der Waals surface area contributed by atoms with E-state index in [2.05, 4.69) is 29.4 Å². The van der Waals surface area contributed by atoms with Gasteiger partial charge in [0, 0.05) is 0 Å². The Morgan fingerprint density at radius 3 is 2.30 bits per heavy atom. The van der Waals surface area contributed by atoms with Crippen LogP contribution in [0.2, 0.25) is 17.3 Å². The summed E-state index contributed by atoms with van der Waals surface area (Å²) in [6.45, 7) is 1.69. The van der Waals surface area contributed by atoms with Crippen molar-refractivity contribution in [2.45, 2.75) is 24.2 Å². The summed E-state index contributed by atoms with van der Waals surface area (Å²) in [4.78, 5) is 0. The van der Waals surface area contributed by atoms with Gasteiger partial charge in [0.15, 0.2) is 0 Å². The normalized spacial score (nSPS) is 11.8. The van der Waals surface area contributed by atoms with E-state index in [1.165, 1.54) is 10.5 Å². The van der Waals surface area contributed by atoms with Gasteiger partial charge in [-0.1, -0.05) is 0 Å². The number of halogens is 2. The number of pyridine rings is 1. The van der Waals surface area contributed by atoms with Gasteiger partial charge in [0.25, 0.3) is 0 Å². The van der Waals surface area contributed by atoms with Crippen molar-refractivity contribution in [2.75, 3.05) is 0 Å². The van der Waals surface area contributed by atoms with E-state index in [-0.39, 0.29) is 0 Å². The number of aromatic nitrogens is 1. The van der Waals surface area contributed by atoms with Crippen molar-refractivity contribution < 1.29 is 13.3 Å². The van der Waals surface area contributed by atoms with E-state index >= 15 is 0 Å². The molecule has 0 aliphatic heterocycles. The SMILES string of the molecule is Cc1c(F)cc(F)cc1-c1c[c]([Ge]([CH3])([CH3])[CH3])cc[n+]1C. The molecule has 0 spiro atoms. The zero-order valence-corrected chi connectivity index (χ0v) is 14.7. The molecule has 1 aromatic carbocycles. The Labute approximate surface area is 121 Å². The van der Waals surface area contributed by atoms with Crippen LogP contribution in [0, 0.1) is 18.6 Å². The Kier molecular flexibility index (Phi) is 4.00. The maximum absolute atomic E-state index is 13.8. The van der Waals surface area contributed by atoms with Crippen LogP contribution < -0.4 is 8.96 Å². The number of rotatable bonds is 2. The molecule has 106 valence electrons. The summed E-state index contributed by atoms with van der Waals surface area (Å²) in [6, 6.07) is 6.55. The Morgan fingerprint density at radius 2 is 1.70 bits per heavy atom. The minimum absolute atomic E-state index is 0.487. The van der Waals surface area contributed by atoms with Crippen molar-refractivity contribution in [2.24, 2.45) is 7.05 Å². The summed E-state index contributed by atoms with van der Waals surface area (Å²) in [6.07, 6.45) is 1.98. The fourth-order valence-corrected chi connectivity index (χ4v) is 4.62. The average Bonchev–Trinajstić information content (AvgIpc) is 2.33. The van der Waals surface area contributed by atoms with Gasteiger partial charge in [-0.05, 0) is 0 Å². The molecule has 20 heavy (non-hydrogen) atoms. The van der Waals surface area contributed by atoms with Crippen LogP contribution in [0.1, 0.15) is 5.56 Å². The topological polar surface area (TPSA) is 3.88 Å². The molecule has 0 saturated heterocycles. The minimum atomic E-state index is -1.98. The van der Waals surface area contributed by atoms with Crippen molar-refractivity contribution in [3.8, 4) is 11.3 Å². The van der Waals surface area contributed by atoms with Gasteiger partial charge in [0.1, 0.15) is 0 Å². The molecule has 0 saturated carbocycles. The second-order valence-corrected chi connectivity index (χ2v) is 16.9. The summed E-state index contributed by atoms with van der Waals surface area (Å²) < 4.78 is 30.5. The molecule has 0 aliphatic carbocycles. The molecule has 0 radical (unpaired) electrons. The van der Waals surface area contributed by atoms with Crippen LogP contribution in [0.5, 0.6) is 0 Å². The second kappa shape index (κ2) is 5.28. The van der Waals surface area contributed by atoms with Gasteiger partial charge in [0.2, 0.25) is 0 Å². The fraction of sp³-hybridized carbons (Fsp3) is 0.312. The first kappa shape index (κ1) is 15.2. The maximum atomic E-state index is 13.8. The van der Waals surface area contributed by atoms with Gasteiger partial charge in [-0.25, -0.2) is 0 Å². The summed E-state index contributed by atoms with van der Waals surface area (Å²) in [7, 11) is 1.90. The van der Waals surface area contributed by atoms with Crippen LogP contribution in [0.4, 0.5) is 8.78 Å². The van der Waals surface area contributed by atoms with Crippen LogP contribution in [-0.4, -0.2) is 13.3 Å². The third-order valence-electron chi connectivity index (χ3n) is 3.60. The molecule has 0 atom stereocenters. The third kappa shape index (κ3) is 2.92. The molecule has 0 N–H and O–H groups in total. The number of aryl methyl sites for hydroxylation is 1. The molecule has 4 heteroatoms. The first-order chi connectivity index (χ1) is 9.20. The van der Waals surface area contributed by atoms with Gasteiger partial charge in [-0.15, -0.1) is 0 Å². The molecule has 2 rings (SSSR count). The van der Waals surface area contributed by atoms with Crippen molar-refractivity contribution >= 4 is 17.7 Å². The van der Waals surface area contributed by atoms with E-state index in [4.69, 9.17) is 0 Å². The molecule has 1 nitrogen and oxygen atoms in total. The average molecular weight is 337 g/mol. The molecule has 2 aromatic rings. The molecule has 1 aromatic heterocycles. The predicted octanol–water partition coefficient (Wildman–Crippen LogP) is 3.31. The van der Waals surface area contributed by atoms with Gasteiger partial charge in [-0.2, -0.15) is 0 Å².